The first-order valence-electron chi connectivity index (χ1n) is 6.12. The van der Waals surface area contributed by atoms with Gasteiger partial charge in [0.15, 0.2) is 0 Å². The summed E-state index contributed by atoms with van der Waals surface area (Å²) < 4.78 is 0. The van der Waals surface area contributed by atoms with Gasteiger partial charge in [-0.15, -0.1) is 0 Å². The monoisotopic (exact) mass is 214 g/mol. The van der Waals surface area contributed by atoms with Crippen LogP contribution < -0.4 is 5.73 Å². The minimum absolute atomic E-state index is 0.111. The van der Waals surface area contributed by atoms with Crippen molar-refractivity contribution >= 4 is 5.91 Å². The normalized spacial score (nSPS) is 14.7. The van der Waals surface area contributed by atoms with Crippen LogP contribution in [0.15, 0.2) is 0 Å². The third-order valence-electron chi connectivity index (χ3n) is 3.02. The van der Waals surface area contributed by atoms with Gasteiger partial charge in [0.05, 0.1) is 6.04 Å². The summed E-state index contributed by atoms with van der Waals surface area (Å²) in [6.45, 7) is 9.86. The molecule has 0 saturated heterocycles. The Hall–Kier alpha value is -0.570. The van der Waals surface area contributed by atoms with Gasteiger partial charge in [-0.3, -0.25) is 4.79 Å². The fourth-order valence-corrected chi connectivity index (χ4v) is 1.48. The van der Waals surface area contributed by atoms with E-state index in [0.717, 1.165) is 32.4 Å². The molecule has 0 spiro atoms. The molecule has 90 valence electrons. The molecule has 0 aromatic rings. The average Bonchev–Trinajstić information content (AvgIpc) is 2.27. The highest BCUT2D eigenvalue weighted by molar-refractivity contribution is 5.81. The van der Waals surface area contributed by atoms with Crippen molar-refractivity contribution in [1.82, 2.24) is 4.90 Å². The molecule has 0 aliphatic heterocycles. The number of amides is 1. The van der Waals surface area contributed by atoms with Gasteiger partial charge < -0.3 is 10.6 Å². The Morgan fingerprint density at radius 1 is 1.33 bits per heavy atom. The van der Waals surface area contributed by atoms with Gasteiger partial charge in [-0.25, -0.2) is 0 Å². The molecule has 2 N–H and O–H groups in total. The lowest BCUT2D eigenvalue weighted by atomic mass is 9.99. The minimum atomic E-state index is -0.327. The van der Waals surface area contributed by atoms with Gasteiger partial charge in [0.2, 0.25) is 5.91 Å². The van der Waals surface area contributed by atoms with Crippen molar-refractivity contribution in [3.05, 3.63) is 0 Å². The van der Waals surface area contributed by atoms with Crippen molar-refractivity contribution in [3.63, 3.8) is 0 Å². The van der Waals surface area contributed by atoms with Gasteiger partial charge in [0.25, 0.3) is 0 Å². The minimum Gasteiger partial charge on any atom is -0.342 e. The van der Waals surface area contributed by atoms with Gasteiger partial charge in [-0.1, -0.05) is 33.6 Å². The Kier molecular flexibility index (Phi) is 7.39. The van der Waals surface area contributed by atoms with E-state index in [-0.39, 0.29) is 17.9 Å². The van der Waals surface area contributed by atoms with Crippen molar-refractivity contribution in [2.75, 3.05) is 13.1 Å². The van der Waals surface area contributed by atoms with E-state index in [0.29, 0.717) is 0 Å². The number of likely N-dealkylation sites (N-methyl/N-ethyl adjacent to an activating group) is 1. The molecule has 0 bridgehead atoms. The molecule has 15 heavy (non-hydrogen) atoms. The number of nitrogens with two attached hydrogens (primary N) is 1. The highest BCUT2D eigenvalue weighted by atomic mass is 16.2. The van der Waals surface area contributed by atoms with Crippen molar-refractivity contribution in [2.24, 2.45) is 11.7 Å². The Morgan fingerprint density at radius 3 is 2.33 bits per heavy atom. The van der Waals surface area contributed by atoms with Crippen LogP contribution in [0.2, 0.25) is 0 Å². The van der Waals surface area contributed by atoms with E-state index < -0.39 is 0 Å². The van der Waals surface area contributed by atoms with Crippen LogP contribution in [0.1, 0.15) is 47.0 Å². The zero-order valence-electron chi connectivity index (χ0n) is 10.6. The summed E-state index contributed by atoms with van der Waals surface area (Å²) in [5, 5.41) is 0. The second-order valence-electron chi connectivity index (χ2n) is 4.18. The van der Waals surface area contributed by atoms with Gasteiger partial charge in [0.1, 0.15) is 0 Å². The summed E-state index contributed by atoms with van der Waals surface area (Å²) in [5.74, 6) is 0.383. The third kappa shape index (κ3) is 4.65. The number of rotatable bonds is 7. The molecule has 1 unspecified atom stereocenters. The molecule has 0 heterocycles. The maximum absolute atomic E-state index is 12.0. The SMILES string of the molecule is CCCCN(CC)C(=O)[C@@H](N)C(C)CC. The molecular formula is C12H26N2O. The van der Waals surface area contributed by atoms with E-state index in [2.05, 4.69) is 13.8 Å². The van der Waals surface area contributed by atoms with Crippen LogP contribution in [-0.4, -0.2) is 29.9 Å². The first-order valence-corrected chi connectivity index (χ1v) is 6.12. The molecule has 3 nitrogen and oxygen atoms in total. The summed E-state index contributed by atoms with van der Waals surface area (Å²) in [5.41, 5.74) is 5.93. The largest absolute Gasteiger partial charge is 0.342 e. The van der Waals surface area contributed by atoms with E-state index in [9.17, 15) is 4.79 Å². The van der Waals surface area contributed by atoms with Crippen LogP contribution in [0.3, 0.4) is 0 Å². The van der Waals surface area contributed by atoms with Crippen LogP contribution in [0.5, 0.6) is 0 Å². The van der Waals surface area contributed by atoms with Gasteiger partial charge in [0, 0.05) is 13.1 Å². The Bertz CT molecular complexity index is 182. The molecular weight excluding hydrogens is 188 g/mol. The maximum atomic E-state index is 12.0. The van der Waals surface area contributed by atoms with Crippen molar-refractivity contribution in [1.29, 1.82) is 0 Å². The van der Waals surface area contributed by atoms with Gasteiger partial charge in [-0.05, 0) is 19.3 Å². The molecule has 0 aromatic heterocycles. The summed E-state index contributed by atoms with van der Waals surface area (Å²) in [6.07, 6.45) is 3.13. The van der Waals surface area contributed by atoms with Crippen LogP contribution in [0, 0.1) is 5.92 Å². The molecule has 0 saturated carbocycles. The number of hydrogen-bond acceptors (Lipinski definition) is 2. The fourth-order valence-electron chi connectivity index (χ4n) is 1.48. The zero-order chi connectivity index (χ0) is 11.8. The van der Waals surface area contributed by atoms with Crippen molar-refractivity contribution in [3.8, 4) is 0 Å². The van der Waals surface area contributed by atoms with E-state index in [4.69, 9.17) is 5.73 Å². The van der Waals surface area contributed by atoms with Gasteiger partial charge in [-0.2, -0.15) is 0 Å². The van der Waals surface area contributed by atoms with E-state index in [1.54, 1.807) is 0 Å². The highest BCUT2D eigenvalue weighted by Gasteiger charge is 2.23. The highest BCUT2D eigenvalue weighted by Crippen LogP contribution is 2.09. The standard InChI is InChI=1S/C12H26N2O/c1-5-8-9-14(7-3)12(15)11(13)10(4)6-2/h10-11H,5-9,13H2,1-4H3/t10?,11-/m0/s1. The summed E-state index contributed by atoms with van der Waals surface area (Å²) in [6, 6.07) is -0.327. The van der Waals surface area contributed by atoms with Crippen LogP contribution in [-0.2, 0) is 4.79 Å². The second-order valence-corrected chi connectivity index (χ2v) is 4.18. The Balaban J connectivity index is 4.24. The summed E-state index contributed by atoms with van der Waals surface area (Å²) in [7, 11) is 0. The summed E-state index contributed by atoms with van der Waals surface area (Å²) in [4.78, 5) is 13.9. The molecule has 1 amide bonds. The average molecular weight is 214 g/mol. The Labute approximate surface area is 94.0 Å². The molecule has 0 rings (SSSR count). The third-order valence-corrected chi connectivity index (χ3v) is 3.02. The first-order chi connectivity index (χ1) is 7.08. The van der Waals surface area contributed by atoms with Crippen LogP contribution in [0.25, 0.3) is 0 Å². The van der Waals surface area contributed by atoms with Crippen LogP contribution in [0.4, 0.5) is 0 Å². The lowest BCUT2D eigenvalue weighted by molar-refractivity contribution is -0.133. The molecule has 3 heteroatoms. The van der Waals surface area contributed by atoms with E-state index in [1.807, 2.05) is 18.7 Å². The smallest absolute Gasteiger partial charge is 0.239 e. The molecule has 0 aliphatic rings. The molecule has 0 aromatic carbocycles. The maximum Gasteiger partial charge on any atom is 0.239 e. The fraction of sp³-hybridized carbons (Fsp3) is 0.917. The van der Waals surface area contributed by atoms with E-state index in [1.165, 1.54) is 0 Å². The number of carbonyl (C=O) groups is 1. The molecule has 2 atom stereocenters. The summed E-state index contributed by atoms with van der Waals surface area (Å²) >= 11 is 0. The molecule has 0 fully saturated rings. The van der Waals surface area contributed by atoms with Crippen LogP contribution >= 0.6 is 0 Å². The topological polar surface area (TPSA) is 46.3 Å². The molecule has 0 aliphatic carbocycles. The lowest BCUT2D eigenvalue weighted by Gasteiger charge is -2.26. The lowest BCUT2D eigenvalue weighted by Crippen LogP contribution is -2.47. The first kappa shape index (κ1) is 14.4. The number of unbranched alkanes of at least 4 members (excludes halogenated alkanes) is 1. The van der Waals surface area contributed by atoms with Crippen molar-refractivity contribution in [2.45, 2.75) is 53.0 Å². The quantitative estimate of drug-likeness (QED) is 0.704. The Morgan fingerprint density at radius 2 is 1.93 bits per heavy atom. The number of carbonyl (C=O) groups excluding carboxylic acids is 1. The number of nitrogens with zero attached hydrogens (tertiary/aromatic N) is 1. The zero-order valence-corrected chi connectivity index (χ0v) is 10.6. The van der Waals surface area contributed by atoms with E-state index >= 15 is 0 Å². The van der Waals surface area contributed by atoms with Gasteiger partial charge >= 0.3 is 0 Å². The van der Waals surface area contributed by atoms with Crippen molar-refractivity contribution < 1.29 is 4.79 Å². The predicted molar refractivity (Wildman–Crippen MR) is 64.6 cm³/mol. The number of hydrogen-bond donors (Lipinski definition) is 1. The second kappa shape index (κ2) is 7.69. The molecule has 0 radical (unpaired) electrons. The predicted octanol–water partition coefficient (Wildman–Crippen LogP) is 2.01.